The number of alkyl halides is 3. The van der Waals surface area contributed by atoms with E-state index in [0.717, 1.165) is 23.9 Å². The summed E-state index contributed by atoms with van der Waals surface area (Å²) >= 11 is 0. The van der Waals surface area contributed by atoms with Gasteiger partial charge < -0.3 is 9.47 Å². The van der Waals surface area contributed by atoms with E-state index in [0.29, 0.717) is 12.1 Å². The van der Waals surface area contributed by atoms with E-state index in [4.69, 9.17) is 9.47 Å². The molecule has 0 amide bonds. The molecule has 0 aliphatic heterocycles. The monoisotopic (exact) mass is 490 g/mol. The first-order chi connectivity index (χ1) is 16.6. The minimum Gasteiger partial charge on any atom is -0.493 e. The van der Waals surface area contributed by atoms with Crippen LogP contribution in [-0.2, 0) is 12.8 Å². The van der Waals surface area contributed by atoms with Crippen molar-refractivity contribution >= 4 is 23.3 Å². The van der Waals surface area contributed by atoms with E-state index in [1.54, 1.807) is 0 Å². The molecule has 0 spiro atoms. The molecule has 0 fully saturated rings. The van der Waals surface area contributed by atoms with E-state index in [9.17, 15) is 33.4 Å². The van der Waals surface area contributed by atoms with Crippen LogP contribution in [-0.4, -0.2) is 23.2 Å². The summed E-state index contributed by atoms with van der Waals surface area (Å²) in [6, 6.07) is 13.4. The number of anilines is 1. The van der Waals surface area contributed by atoms with Gasteiger partial charge in [0.1, 0.15) is 12.3 Å². The highest BCUT2D eigenvalue weighted by atomic mass is 19.4. The smallest absolute Gasteiger partial charge is 0.416 e. The molecule has 0 bridgehead atoms. The first-order valence-corrected chi connectivity index (χ1v) is 9.78. The van der Waals surface area contributed by atoms with Crippen molar-refractivity contribution in [2.45, 2.75) is 12.8 Å². The lowest BCUT2D eigenvalue weighted by atomic mass is 10.1. The van der Waals surface area contributed by atoms with Gasteiger partial charge in [0, 0.05) is 6.07 Å². The number of halogens is 3. The number of hydrogen-bond acceptors (Lipinski definition) is 8. The summed E-state index contributed by atoms with van der Waals surface area (Å²) in [6.07, 6.45) is -3.78. The molecule has 13 heteroatoms. The Hall–Kier alpha value is -4.68. The first-order valence-electron chi connectivity index (χ1n) is 9.78. The molecule has 0 atom stereocenters. The molecular weight excluding hydrogens is 473 g/mol. The Bertz CT molecular complexity index is 1270. The third-order valence-corrected chi connectivity index (χ3v) is 4.66. The second kappa shape index (κ2) is 10.5. The van der Waals surface area contributed by atoms with Crippen molar-refractivity contribution in [3.63, 3.8) is 0 Å². The molecule has 0 unspecified atom stereocenters. The number of rotatable bonds is 9. The minimum atomic E-state index is -4.77. The maximum atomic E-state index is 12.9. The van der Waals surface area contributed by atoms with Crippen LogP contribution in [0.25, 0.3) is 0 Å². The highest BCUT2D eigenvalue weighted by Gasteiger charge is 2.33. The number of nitrogens with one attached hydrogen (secondary N) is 1. The quantitative estimate of drug-likeness (QED) is 0.236. The molecule has 182 valence electrons. The van der Waals surface area contributed by atoms with Crippen molar-refractivity contribution in [2.75, 3.05) is 12.5 Å². The van der Waals surface area contributed by atoms with Crippen LogP contribution in [0.2, 0.25) is 0 Å². The summed E-state index contributed by atoms with van der Waals surface area (Å²) in [6.45, 7) is 0.126. The van der Waals surface area contributed by atoms with E-state index in [-0.39, 0.29) is 29.4 Å². The van der Waals surface area contributed by atoms with Gasteiger partial charge in [0.2, 0.25) is 0 Å². The zero-order chi connectivity index (χ0) is 25.6. The van der Waals surface area contributed by atoms with Gasteiger partial charge in [-0.05, 0) is 23.8 Å². The summed E-state index contributed by atoms with van der Waals surface area (Å²) in [4.78, 5) is 21.1. The van der Waals surface area contributed by atoms with E-state index >= 15 is 0 Å². The summed E-state index contributed by atoms with van der Waals surface area (Å²) in [5.74, 6) is 0.264. The Balaban J connectivity index is 1.87. The number of nitrogens with zero attached hydrogens (tertiary/aromatic N) is 3. The van der Waals surface area contributed by atoms with Crippen LogP contribution < -0.4 is 14.9 Å². The molecule has 0 heterocycles. The zero-order valence-electron chi connectivity index (χ0n) is 18.0. The molecule has 0 aromatic heterocycles. The predicted octanol–water partition coefficient (Wildman–Crippen LogP) is 5.56. The second-order valence-electron chi connectivity index (χ2n) is 6.95. The van der Waals surface area contributed by atoms with Gasteiger partial charge in [0.05, 0.1) is 40.4 Å². The van der Waals surface area contributed by atoms with E-state index in [2.05, 4.69) is 10.5 Å². The molecule has 3 aromatic carbocycles. The van der Waals surface area contributed by atoms with Crippen LogP contribution in [0.4, 0.5) is 30.2 Å². The van der Waals surface area contributed by atoms with Crippen LogP contribution in [0.5, 0.6) is 11.5 Å². The van der Waals surface area contributed by atoms with E-state index < -0.39 is 33.0 Å². The SMILES string of the molecule is COc1cc(/C=N\Nc2ccc(C(F)(F)F)cc2[N+](=O)[O-])c([N+](=O)[O-])cc1OCc1ccccc1. The lowest BCUT2D eigenvalue weighted by Crippen LogP contribution is -2.07. The lowest BCUT2D eigenvalue weighted by Gasteiger charge is -2.12. The third-order valence-electron chi connectivity index (χ3n) is 4.66. The highest BCUT2D eigenvalue weighted by Crippen LogP contribution is 2.36. The number of methoxy groups -OCH3 is 1. The fourth-order valence-electron chi connectivity index (χ4n) is 2.96. The van der Waals surface area contributed by atoms with Crippen molar-refractivity contribution < 1.29 is 32.5 Å². The van der Waals surface area contributed by atoms with Crippen LogP contribution in [0.3, 0.4) is 0 Å². The topological polar surface area (TPSA) is 129 Å². The van der Waals surface area contributed by atoms with Crippen LogP contribution in [0.1, 0.15) is 16.7 Å². The van der Waals surface area contributed by atoms with Gasteiger partial charge in [-0.3, -0.25) is 25.7 Å². The van der Waals surface area contributed by atoms with Gasteiger partial charge in [-0.1, -0.05) is 30.3 Å². The van der Waals surface area contributed by atoms with Gasteiger partial charge >= 0.3 is 6.18 Å². The van der Waals surface area contributed by atoms with Crippen molar-refractivity contribution in [1.82, 2.24) is 0 Å². The predicted molar refractivity (Wildman–Crippen MR) is 120 cm³/mol. The van der Waals surface area contributed by atoms with Crippen molar-refractivity contribution in [3.8, 4) is 11.5 Å². The summed E-state index contributed by atoms with van der Waals surface area (Å²) < 4.78 is 49.5. The Morgan fingerprint density at radius 1 is 0.971 bits per heavy atom. The van der Waals surface area contributed by atoms with E-state index in [1.165, 1.54) is 13.2 Å². The van der Waals surface area contributed by atoms with E-state index in [1.807, 2.05) is 30.3 Å². The summed E-state index contributed by atoms with van der Waals surface area (Å²) in [7, 11) is 1.33. The number of nitro groups is 2. The fourth-order valence-corrected chi connectivity index (χ4v) is 2.96. The average molecular weight is 490 g/mol. The van der Waals surface area contributed by atoms with Crippen LogP contribution >= 0.6 is 0 Å². The molecule has 0 saturated heterocycles. The minimum absolute atomic E-state index is 0.0408. The number of hydrogen-bond donors (Lipinski definition) is 1. The normalized spacial score (nSPS) is 11.3. The number of ether oxygens (including phenoxy) is 2. The third kappa shape index (κ3) is 6.22. The molecule has 0 aliphatic rings. The van der Waals surface area contributed by atoms with Gasteiger partial charge in [0.25, 0.3) is 11.4 Å². The Kier molecular flexibility index (Phi) is 7.49. The van der Waals surface area contributed by atoms with Gasteiger partial charge in [-0.2, -0.15) is 18.3 Å². The molecule has 0 saturated carbocycles. The highest BCUT2D eigenvalue weighted by molar-refractivity contribution is 5.87. The molecule has 10 nitrogen and oxygen atoms in total. The molecule has 3 aromatic rings. The van der Waals surface area contributed by atoms with Crippen molar-refractivity contribution in [2.24, 2.45) is 5.10 Å². The maximum Gasteiger partial charge on any atom is 0.416 e. The molecule has 3 rings (SSSR count). The summed E-state index contributed by atoms with van der Waals surface area (Å²) in [5.41, 5.74) is 0.227. The van der Waals surface area contributed by atoms with Gasteiger partial charge in [-0.15, -0.1) is 0 Å². The first kappa shape index (κ1) is 25.0. The molecule has 35 heavy (non-hydrogen) atoms. The molecule has 0 aliphatic carbocycles. The van der Waals surface area contributed by atoms with Crippen LogP contribution in [0, 0.1) is 20.2 Å². The molecule has 0 radical (unpaired) electrons. The largest absolute Gasteiger partial charge is 0.493 e. The van der Waals surface area contributed by atoms with Gasteiger partial charge in [0.15, 0.2) is 11.5 Å². The van der Waals surface area contributed by atoms with Gasteiger partial charge in [-0.25, -0.2) is 0 Å². The Labute approximate surface area is 195 Å². The Morgan fingerprint density at radius 2 is 1.66 bits per heavy atom. The number of hydrazone groups is 1. The lowest BCUT2D eigenvalue weighted by molar-refractivity contribution is -0.385. The molecule has 1 N–H and O–H groups in total. The van der Waals surface area contributed by atoms with Crippen LogP contribution in [0.15, 0.2) is 65.8 Å². The average Bonchev–Trinajstić information content (AvgIpc) is 2.82. The fraction of sp³-hybridized carbons (Fsp3) is 0.136. The number of nitro benzene ring substituents is 2. The second-order valence-corrected chi connectivity index (χ2v) is 6.95. The molecular formula is C22H17F3N4O6. The van der Waals surface area contributed by atoms with Crippen molar-refractivity contribution in [3.05, 3.63) is 97.6 Å². The zero-order valence-corrected chi connectivity index (χ0v) is 18.0. The number of benzene rings is 3. The Morgan fingerprint density at radius 3 is 2.26 bits per heavy atom. The summed E-state index contributed by atoms with van der Waals surface area (Å²) in [5, 5.41) is 26.5. The van der Waals surface area contributed by atoms with Crippen molar-refractivity contribution in [1.29, 1.82) is 0 Å². The maximum absolute atomic E-state index is 12.9. The standard InChI is InChI=1S/C22H17F3N4O6/c1-34-20-9-15(18(28(30)31)11-21(20)35-13-14-5-3-2-4-6-14)12-26-27-17-8-7-16(22(23,24)25)10-19(17)29(32)33/h2-12,27H,13H2,1H3/b26-12-.